The van der Waals surface area contributed by atoms with Crippen molar-refractivity contribution in [3.8, 4) is 5.75 Å². The Hall–Kier alpha value is -2.04. The molecule has 1 amide bonds. The van der Waals surface area contributed by atoms with Gasteiger partial charge in [-0.1, -0.05) is 55.5 Å². The molecule has 3 rings (SSSR count). The summed E-state index contributed by atoms with van der Waals surface area (Å²) in [6.07, 6.45) is 3.82. The van der Waals surface area contributed by atoms with Crippen LogP contribution in [0.3, 0.4) is 0 Å². The van der Waals surface area contributed by atoms with Crippen LogP contribution in [-0.4, -0.2) is 43.1 Å². The van der Waals surface area contributed by atoms with Gasteiger partial charge in [0.05, 0.1) is 0 Å². The lowest BCUT2D eigenvalue weighted by molar-refractivity contribution is -0.136. The molecule has 28 heavy (non-hydrogen) atoms. The maximum Gasteiger partial charge on any atom is 0.260 e. The fourth-order valence-corrected chi connectivity index (χ4v) is 3.70. The maximum absolute atomic E-state index is 12.9. The van der Waals surface area contributed by atoms with Gasteiger partial charge >= 0.3 is 0 Å². The number of nitrogens with one attached hydrogen (secondary N) is 1. The first-order chi connectivity index (χ1) is 13.3. The predicted octanol–water partition coefficient (Wildman–Crippen LogP) is 4.07. The van der Waals surface area contributed by atoms with E-state index in [1.54, 1.807) is 0 Å². The molecule has 1 fully saturated rings. The fourth-order valence-electron chi connectivity index (χ4n) is 3.70. The van der Waals surface area contributed by atoms with Gasteiger partial charge in [-0.2, -0.15) is 0 Å². The summed E-state index contributed by atoms with van der Waals surface area (Å²) in [5.74, 6) is 0.898. The number of benzene rings is 2. The highest BCUT2D eigenvalue weighted by Gasteiger charge is 2.25. The van der Waals surface area contributed by atoms with Crippen LogP contribution in [0.15, 0.2) is 54.6 Å². The summed E-state index contributed by atoms with van der Waals surface area (Å²) in [7, 11) is 0. The lowest BCUT2D eigenvalue weighted by atomic mass is 10.0. The van der Waals surface area contributed by atoms with Crippen molar-refractivity contribution in [2.75, 3.05) is 26.2 Å². The topological polar surface area (TPSA) is 41.6 Å². The van der Waals surface area contributed by atoms with Crippen LogP contribution in [0.4, 0.5) is 0 Å². The first-order valence-electron chi connectivity index (χ1n) is 10.0. The minimum absolute atomic E-state index is 0. The largest absolute Gasteiger partial charge is 0.483 e. The number of rotatable bonds is 8. The minimum Gasteiger partial charge on any atom is -0.483 e. The molecule has 0 atom stereocenters. The summed E-state index contributed by atoms with van der Waals surface area (Å²) in [5.41, 5.74) is 2.35. The molecule has 0 unspecified atom stereocenters. The van der Waals surface area contributed by atoms with E-state index in [4.69, 9.17) is 4.74 Å². The van der Waals surface area contributed by atoms with Gasteiger partial charge in [0.1, 0.15) is 5.75 Å². The summed E-state index contributed by atoms with van der Waals surface area (Å²) < 4.78 is 5.98. The second kappa shape index (κ2) is 11.7. The first-order valence-corrected chi connectivity index (χ1v) is 10.0. The van der Waals surface area contributed by atoms with Crippen molar-refractivity contribution >= 4 is 18.3 Å². The van der Waals surface area contributed by atoms with Crippen LogP contribution in [0.25, 0.3) is 0 Å². The summed E-state index contributed by atoms with van der Waals surface area (Å²) in [6.45, 7) is 5.00. The van der Waals surface area contributed by atoms with Gasteiger partial charge in [-0.05, 0) is 49.5 Å². The van der Waals surface area contributed by atoms with E-state index in [-0.39, 0.29) is 24.9 Å². The average molecular weight is 403 g/mol. The number of carbonyl (C=O) groups is 1. The number of hydrogen-bond donors (Lipinski definition) is 1. The molecule has 2 aromatic rings. The molecule has 4 nitrogen and oxygen atoms in total. The molecular weight excluding hydrogens is 372 g/mol. The van der Waals surface area contributed by atoms with Crippen LogP contribution in [0.1, 0.15) is 37.3 Å². The predicted molar refractivity (Wildman–Crippen MR) is 116 cm³/mol. The molecule has 1 aliphatic heterocycles. The highest BCUT2D eigenvalue weighted by molar-refractivity contribution is 5.85. The van der Waals surface area contributed by atoms with E-state index in [1.165, 1.54) is 5.56 Å². The SMILES string of the molecule is CCCN(C(=O)COc1ccccc1Cc1ccccc1)C1CCNCC1.Cl. The molecular formula is C23H31ClN2O2. The normalized spacial score (nSPS) is 14.2. The molecule has 0 aromatic heterocycles. The van der Waals surface area contributed by atoms with Crippen molar-refractivity contribution < 1.29 is 9.53 Å². The Balaban J connectivity index is 0.00000280. The molecule has 2 aromatic carbocycles. The number of carbonyl (C=O) groups excluding carboxylic acids is 1. The Kier molecular flexibility index (Phi) is 9.32. The van der Waals surface area contributed by atoms with Gasteiger partial charge in [-0.3, -0.25) is 4.79 Å². The molecule has 1 N–H and O–H groups in total. The second-order valence-electron chi connectivity index (χ2n) is 7.13. The number of hydrogen-bond acceptors (Lipinski definition) is 3. The standard InChI is InChI=1S/C23H30N2O2.ClH/c1-2-16-25(21-12-14-24-15-13-21)23(26)18-27-22-11-7-6-10-20(22)17-19-8-4-3-5-9-19;/h3-11,21,24H,2,12-18H2,1H3;1H. The van der Waals surface area contributed by atoms with E-state index in [0.717, 1.165) is 56.6 Å². The second-order valence-corrected chi connectivity index (χ2v) is 7.13. The number of piperidine rings is 1. The van der Waals surface area contributed by atoms with Gasteiger partial charge in [-0.15, -0.1) is 12.4 Å². The third kappa shape index (κ3) is 6.25. The minimum atomic E-state index is 0. The van der Waals surface area contributed by atoms with Crippen LogP contribution >= 0.6 is 12.4 Å². The van der Waals surface area contributed by atoms with Crippen LogP contribution < -0.4 is 10.1 Å². The molecule has 0 radical (unpaired) electrons. The zero-order valence-electron chi connectivity index (χ0n) is 16.6. The average Bonchev–Trinajstić information content (AvgIpc) is 2.72. The van der Waals surface area contributed by atoms with Crippen LogP contribution in [0, 0.1) is 0 Å². The first kappa shape index (κ1) is 22.3. The molecule has 0 saturated carbocycles. The van der Waals surface area contributed by atoms with Crippen molar-refractivity contribution in [2.45, 2.75) is 38.6 Å². The van der Waals surface area contributed by atoms with Crippen molar-refractivity contribution in [3.05, 3.63) is 65.7 Å². The lowest BCUT2D eigenvalue weighted by Crippen LogP contribution is -2.48. The van der Waals surface area contributed by atoms with Crippen molar-refractivity contribution in [1.29, 1.82) is 0 Å². The highest BCUT2D eigenvalue weighted by Crippen LogP contribution is 2.22. The van der Waals surface area contributed by atoms with E-state index < -0.39 is 0 Å². The van der Waals surface area contributed by atoms with Gasteiger partial charge in [-0.25, -0.2) is 0 Å². The van der Waals surface area contributed by atoms with Crippen LogP contribution in [-0.2, 0) is 11.2 Å². The molecule has 1 heterocycles. The zero-order chi connectivity index (χ0) is 18.9. The van der Waals surface area contributed by atoms with E-state index in [2.05, 4.69) is 30.4 Å². The highest BCUT2D eigenvalue weighted by atomic mass is 35.5. The molecule has 1 saturated heterocycles. The third-order valence-electron chi connectivity index (χ3n) is 5.10. The maximum atomic E-state index is 12.9. The Labute approximate surface area is 174 Å². The number of amides is 1. The van der Waals surface area contributed by atoms with Crippen molar-refractivity contribution in [2.24, 2.45) is 0 Å². The van der Waals surface area contributed by atoms with E-state index in [9.17, 15) is 4.79 Å². The number of nitrogens with zero attached hydrogens (tertiary/aromatic N) is 1. The monoisotopic (exact) mass is 402 g/mol. The summed E-state index contributed by atoms with van der Waals surface area (Å²) in [6, 6.07) is 18.7. The Bertz CT molecular complexity index is 718. The van der Waals surface area contributed by atoms with Gasteiger partial charge < -0.3 is 15.0 Å². The van der Waals surface area contributed by atoms with Gasteiger partial charge in [0.25, 0.3) is 5.91 Å². The quantitative estimate of drug-likeness (QED) is 0.723. The number of para-hydroxylation sites is 1. The smallest absolute Gasteiger partial charge is 0.260 e. The summed E-state index contributed by atoms with van der Waals surface area (Å²) in [5, 5.41) is 3.37. The Morgan fingerprint density at radius 3 is 2.46 bits per heavy atom. The van der Waals surface area contributed by atoms with Gasteiger partial charge in [0.2, 0.25) is 0 Å². The Morgan fingerprint density at radius 1 is 1.07 bits per heavy atom. The van der Waals surface area contributed by atoms with E-state index >= 15 is 0 Å². The molecule has 0 spiro atoms. The summed E-state index contributed by atoms with van der Waals surface area (Å²) >= 11 is 0. The fraction of sp³-hybridized carbons (Fsp3) is 0.435. The molecule has 0 aliphatic carbocycles. The van der Waals surface area contributed by atoms with Gasteiger partial charge in [0, 0.05) is 19.0 Å². The molecule has 5 heteroatoms. The Morgan fingerprint density at radius 2 is 1.75 bits per heavy atom. The molecule has 0 bridgehead atoms. The third-order valence-corrected chi connectivity index (χ3v) is 5.10. The van der Waals surface area contributed by atoms with Crippen LogP contribution in [0.5, 0.6) is 5.75 Å². The van der Waals surface area contributed by atoms with Crippen LogP contribution in [0.2, 0.25) is 0 Å². The van der Waals surface area contributed by atoms with Crippen molar-refractivity contribution in [1.82, 2.24) is 10.2 Å². The zero-order valence-corrected chi connectivity index (χ0v) is 17.4. The van der Waals surface area contributed by atoms with E-state index in [1.807, 2.05) is 41.3 Å². The van der Waals surface area contributed by atoms with E-state index in [0.29, 0.717) is 6.04 Å². The van der Waals surface area contributed by atoms with Crippen molar-refractivity contribution in [3.63, 3.8) is 0 Å². The lowest BCUT2D eigenvalue weighted by Gasteiger charge is -2.34. The molecule has 1 aliphatic rings. The number of ether oxygens (including phenoxy) is 1. The summed E-state index contributed by atoms with van der Waals surface area (Å²) in [4.78, 5) is 14.9. The van der Waals surface area contributed by atoms with Gasteiger partial charge in [0.15, 0.2) is 6.61 Å². The molecule has 152 valence electrons. The number of halogens is 1.